The third-order valence-corrected chi connectivity index (χ3v) is 4.42. The van der Waals surface area contributed by atoms with Crippen LogP contribution in [0.25, 0.3) is 0 Å². The Balaban J connectivity index is 1.58. The van der Waals surface area contributed by atoms with Gasteiger partial charge in [-0.1, -0.05) is 45.0 Å². The van der Waals surface area contributed by atoms with Crippen molar-refractivity contribution in [2.24, 2.45) is 0 Å². The van der Waals surface area contributed by atoms with E-state index in [-0.39, 0.29) is 35.1 Å². The number of benzene rings is 2. The lowest BCUT2D eigenvalue weighted by Crippen LogP contribution is -2.34. The van der Waals surface area contributed by atoms with Crippen molar-refractivity contribution in [1.82, 2.24) is 10.6 Å². The Hall–Kier alpha value is -3.02. The van der Waals surface area contributed by atoms with Crippen LogP contribution in [0.4, 0.5) is 0 Å². The lowest BCUT2D eigenvalue weighted by molar-refractivity contribution is -0.121. The summed E-state index contributed by atoms with van der Waals surface area (Å²) in [7, 11) is 0. The third-order valence-electron chi connectivity index (χ3n) is 4.42. The molecule has 29 heavy (non-hydrogen) atoms. The molecule has 3 N–H and O–H groups in total. The van der Waals surface area contributed by atoms with Gasteiger partial charge in [0.15, 0.2) is 0 Å². The molecule has 2 aromatic carbocycles. The molecule has 0 heterocycles. The number of hydrogen-bond acceptors (Lipinski definition) is 4. The number of hydrogen-bond donors (Lipinski definition) is 3. The fourth-order valence-corrected chi connectivity index (χ4v) is 2.70. The molecule has 6 heteroatoms. The normalized spacial score (nSPS) is 11.0. The lowest BCUT2D eigenvalue weighted by atomic mass is 9.87. The first-order valence-corrected chi connectivity index (χ1v) is 9.83. The number of para-hydroxylation sites is 1. The van der Waals surface area contributed by atoms with E-state index in [2.05, 4.69) is 43.5 Å². The minimum Gasteiger partial charge on any atom is -0.507 e. The van der Waals surface area contributed by atoms with Gasteiger partial charge in [-0.25, -0.2) is 0 Å². The average molecular weight is 399 g/mol. The zero-order valence-corrected chi connectivity index (χ0v) is 17.3. The number of carbonyl (C=O) groups is 2. The highest BCUT2D eigenvalue weighted by Gasteiger charge is 2.13. The van der Waals surface area contributed by atoms with Gasteiger partial charge in [-0.2, -0.15) is 0 Å². The van der Waals surface area contributed by atoms with Gasteiger partial charge in [-0.05, 0) is 41.7 Å². The Morgan fingerprint density at radius 2 is 1.62 bits per heavy atom. The molecule has 2 aromatic rings. The largest absolute Gasteiger partial charge is 0.507 e. The molecule has 0 saturated heterocycles. The van der Waals surface area contributed by atoms with Gasteiger partial charge in [0.25, 0.3) is 5.91 Å². The van der Waals surface area contributed by atoms with Gasteiger partial charge in [0.2, 0.25) is 5.91 Å². The third kappa shape index (κ3) is 7.49. The molecule has 0 atom stereocenters. The maximum absolute atomic E-state index is 11.9. The lowest BCUT2D eigenvalue weighted by Gasteiger charge is -2.19. The maximum Gasteiger partial charge on any atom is 0.255 e. The zero-order valence-electron chi connectivity index (χ0n) is 17.3. The van der Waals surface area contributed by atoms with E-state index in [1.807, 2.05) is 12.1 Å². The van der Waals surface area contributed by atoms with E-state index in [1.54, 1.807) is 18.2 Å². The van der Waals surface area contributed by atoms with Crippen molar-refractivity contribution < 1.29 is 19.4 Å². The summed E-state index contributed by atoms with van der Waals surface area (Å²) in [4.78, 5) is 23.8. The second kappa shape index (κ2) is 10.5. The first-order valence-electron chi connectivity index (χ1n) is 9.83. The number of phenolic OH excluding ortho intramolecular Hbond substituents is 1. The van der Waals surface area contributed by atoms with E-state index in [1.165, 1.54) is 11.6 Å². The summed E-state index contributed by atoms with van der Waals surface area (Å²) in [6.07, 6.45) is 0.963. The first kappa shape index (κ1) is 22.3. The predicted octanol–water partition coefficient (Wildman–Crippen LogP) is 3.39. The SMILES string of the molecule is CC(C)(C)c1ccc(OCCCC(=O)NCCNC(=O)c2ccccc2O)cc1. The van der Waals surface area contributed by atoms with Crippen LogP contribution in [0, 0.1) is 0 Å². The number of phenols is 1. The molecule has 2 amide bonds. The highest BCUT2D eigenvalue weighted by molar-refractivity contribution is 5.96. The Kier molecular flexibility index (Phi) is 8.07. The van der Waals surface area contributed by atoms with Crippen LogP contribution < -0.4 is 15.4 Å². The van der Waals surface area contributed by atoms with Crippen molar-refractivity contribution in [3.8, 4) is 11.5 Å². The minimum atomic E-state index is -0.372. The summed E-state index contributed by atoms with van der Waals surface area (Å²) >= 11 is 0. The van der Waals surface area contributed by atoms with Crippen molar-refractivity contribution in [2.45, 2.75) is 39.0 Å². The van der Waals surface area contributed by atoms with E-state index in [9.17, 15) is 14.7 Å². The molecule has 0 aliphatic carbocycles. The molecule has 0 radical (unpaired) electrons. The quantitative estimate of drug-likeness (QED) is 0.565. The van der Waals surface area contributed by atoms with Gasteiger partial charge < -0.3 is 20.5 Å². The van der Waals surface area contributed by atoms with Crippen molar-refractivity contribution in [1.29, 1.82) is 0 Å². The molecular formula is C23H30N2O4. The smallest absolute Gasteiger partial charge is 0.255 e. The number of amides is 2. The molecule has 0 saturated carbocycles. The fourth-order valence-electron chi connectivity index (χ4n) is 2.70. The maximum atomic E-state index is 11.9. The molecule has 2 rings (SSSR count). The van der Waals surface area contributed by atoms with Crippen molar-refractivity contribution >= 4 is 11.8 Å². The second-order valence-corrected chi connectivity index (χ2v) is 7.85. The van der Waals surface area contributed by atoms with Crippen LogP contribution in [0.5, 0.6) is 11.5 Å². The molecule has 0 aliphatic rings. The van der Waals surface area contributed by atoms with Crippen molar-refractivity contribution in [3.05, 3.63) is 59.7 Å². The molecule has 0 fully saturated rings. The highest BCUT2D eigenvalue weighted by Crippen LogP contribution is 2.24. The summed E-state index contributed by atoms with van der Waals surface area (Å²) in [5.41, 5.74) is 1.57. The van der Waals surface area contributed by atoms with Gasteiger partial charge in [0, 0.05) is 19.5 Å². The Labute approximate surface area is 172 Å². The van der Waals surface area contributed by atoms with Crippen molar-refractivity contribution in [2.75, 3.05) is 19.7 Å². The molecule has 0 aromatic heterocycles. The van der Waals surface area contributed by atoms with Crippen LogP contribution in [0.1, 0.15) is 49.5 Å². The van der Waals surface area contributed by atoms with E-state index in [4.69, 9.17) is 4.74 Å². The van der Waals surface area contributed by atoms with Crippen LogP contribution in [-0.4, -0.2) is 36.6 Å². The summed E-state index contributed by atoms with van der Waals surface area (Å²) < 4.78 is 5.68. The van der Waals surface area contributed by atoms with Crippen LogP contribution in [0.15, 0.2) is 48.5 Å². The number of carbonyl (C=O) groups excluding carboxylic acids is 2. The van der Waals surface area contributed by atoms with E-state index >= 15 is 0 Å². The Morgan fingerprint density at radius 1 is 0.966 bits per heavy atom. The number of aromatic hydroxyl groups is 1. The van der Waals surface area contributed by atoms with Crippen LogP contribution in [0.3, 0.4) is 0 Å². The number of rotatable bonds is 9. The molecule has 6 nitrogen and oxygen atoms in total. The van der Waals surface area contributed by atoms with E-state index in [0.717, 1.165) is 5.75 Å². The van der Waals surface area contributed by atoms with Gasteiger partial charge in [-0.15, -0.1) is 0 Å². The number of ether oxygens (including phenoxy) is 1. The number of nitrogens with one attached hydrogen (secondary N) is 2. The summed E-state index contributed by atoms with van der Waals surface area (Å²) in [6, 6.07) is 14.4. The van der Waals surface area contributed by atoms with Crippen LogP contribution >= 0.6 is 0 Å². The molecule has 0 bridgehead atoms. The second-order valence-electron chi connectivity index (χ2n) is 7.85. The fraction of sp³-hybridized carbons (Fsp3) is 0.391. The van der Waals surface area contributed by atoms with Gasteiger partial charge >= 0.3 is 0 Å². The van der Waals surface area contributed by atoms with Gasteiger partial charge in [-0.3, -0.25) is 9.59 Å². The Morgan fingerprint density at radius 3 is 2.28 bits per heavy atom. The molecule has 0 spiro atoms. The van der Waals surface area contributed by atoms with Crippen LogP contribution in [0.2, 0.25) is 0 Å². The van der Waals surface area contributed by atoms with Gasteiger partial charge in [0.05, 0.1) is 12.2 Å². The molecule has 0 aliphatic heterocycles. The van der Waals surface area contributed by atoms with Crippen LogP contribution in [-0.2, 0) is 10.2 Å². The summed E-state index contributed by atoms with van der Waals surface area (Å²) in [6.45, 7) is 7.57. The first-order chi connectivity index (χ1) is 13.8. The molecule has 156 valence electrons. The van der Waals surface area contributed by atoms with Gasteiger partial charge in [0.1, 0.15) is 11.5 Å². The van der Waals surface area contributed by atoms with E-state index in [0.29, 0.717) is 26.0 Å². The van der Waals surface area contributed by atoms with E-state index < -0.39 is 0 Å². The average Bonchev–Trinajstić information content (AvgIpc) is 2.68. The molecular weight excluding hydrogens is 368 g/mol. The minimum absolute atomic E-state index is 0.0675. The standard InChI is InChI=1S/C23H30N2O4/c1-23(2,3)17-10-12-18(13-11-17)29-16-6-9-21(27)24-14-15-25-22(28)19-7-4-5-8-20(19)26/h4-5,7-8,10-13,26H,6,9,14-16H2,1-3H3,(H,24,27)(H,25,28). The Bertz CT molecular complexity index is 810. The molecule has 0 unspecified atom stereocenters. The monoisotopic (exact) mass is 398 g/mol. The summed E-state index contributed by atoms with van der Waals surface area (Å²) in [5.74, 6) is 0.268. The zero-order chi connectivity index (χ0) is 21.3. The highest BCUT2D eigenvalue weighted by atomic mass is 16.5. The topological polar surface area (TPSA) is 87.7 Å². The summed E-state index contributed by atoms with van der Waals surface area (Å²) in [5, 5.41) is 15.1. The van der Waals surface area contributed by atoms with Crippen molar-refractivity contribution in [3.63, 3.8) is 0 Å². The predicted molar refractivity (Wildman–Crippen MR) is 113 cm³/mol.